The van der Waals surface area contributed by atoms with Crippen LogP contribution in [0.5, 0.6) is 0 Å². The van der Waals surface area contributed by atoms with E-state index in [0.717, 1.165) is 11.3 Å². The molecule has 0 aliphatic carbocycles. The van der Waals surface area contributed by atoms with Gasteiger partial charge in [0.2, 0.25) is 0 Å². The predicted octanol–water partition coefficient (Wildman–Crippen LogP) is 2.19. The molecule has 6 heteroatoms. The molecular weight excluding hydrogens is 292 g/mol. The zero-order valence-electron chi connectivity index (χ0n) is 12.8. The Kier molecular flexibility index (Phi) is 10.3. The summed E-state index contributed by atoms with van der Waals surface area (Å²) in [6.07, 6.45) is 0.957. The Bertz CT molecular complexity index is 391. The number of ketones is 1. The topological polar surface area (TPSA) is 54.0 Å². The van der Waals surface area contributed by atoms with Gasteiger partial charge in [0.1, 0.15) is 6.61 Å². The number of aryl methyl sites for hydroxylation is 1. The third-order valence-corrected chi connectivity index (χ3v) is 3.96. The van der Waals surface area contributed by atoms with Crippen LogP contribution in [0.4, 0.5) is 0 Å². The van der Waals surface area contributed by atoms with Gasteiger partial charge in [0, 0.05) is 12.0 Å². The van der Waals surface area contributed by atoms with E-state index in [1.165, 1.54) is 16.2 Å². The highest BCUT2D eigenvalue weighted by molar-refractivity contribution is 7.14. The van der Waals surface area contributed by atoms with Crippen molar-refractivity contribution in [1.82, 2.24) is 0 Å². The van der Waals surface area contributed by atoms with Crippen LogP contribution < -0.4 is 0 Å². The molecule has 0 atom stereocenters. The van der Waals surface area contributed by atoms with Gasteiger partial charge in [-0.05, 0) is 18.6 Å². The maximum Gasteiger partial charge on any atom is 0.198 e. The molecule has 0 radical (unpaired) electrons. The van der Waals surface area contributed by atoms with E-state index >= 15 is 0 Å². The second kappa shape index (κ2) is 11.8. The monoisotopic (exact) mass is 316 g/mol. The fraction of sp³-hybridized carbons (Fsp3) is 0.667. The summed E-state index contributed by atoms with van der Waals surface area (Å²) < 4.78 is 20.7. The highest BCUT2D eigenvalue weighted by Gasteiger charge is 2.08. The minimum Gasteiger partial charge on any atom is -0.382 e. The quantitative estimate of drug-likeness (QED) is 0.412. The first kappa shape index (κ1) is 18.3. The van der Waals surface area contributed by atoms with Crippen molar-refractivity contribution >= 4 is 17.1 Å². The van der Waals surface area contributed by atoms with Crippen LogP contribution in [0.25, 0.3) is 0 Å². The van der Waals surface area contributed by atoms with Gasteiger partial charge in [-0.1, -0.05) is 6.92 Å². The number of ether oxygens (including phenoxy) is 4. The van der Waals surface area contributed by atoms with E-state index in [-0.39, 0.29) is 12.4 Å². The molecule has 5 nitrogen and oxygen atoms in total. The van der Waals surface area contributed by atoms with E-state index in [9.17, 15) is 4.79 Å². The lowest BCUT2D eigenvalue weighted by atomic mass is 10.3. The highest BCUT2D eigenvalue weighted by Crippen LogP contribution is 2.17. The van der Waals surface area contributed by atoms with E-state index in [4.69, 9.17) is 18.9 Å². The second-order valence-corrected chi connectivity index (χ2v) is 5.48. The summed E-state index contributed by atoms with van der Waals surface area (Å²) >= 11 is 1.53. The van der Waals surface area contributed by atoms with E-state index in [2.05, 4.69) is 6.92 Å². The van der Waals surface area contributed by atoms with Crippen molar-refractivity contribution in [2.45, 2.75) is 13.3 Å². The van der Waals surface area contributed by atoms with Crippen molar-refractivity contribution in [2.24, 2.45) is 0 Å². The van der Waals surface area contributed by atoms with E-state index in [0.29, 0.717) is 39.6 Å². The molecule has 0 aromatic carbocycles. The van der Waals surface area contributed by atoms with Gasteiger partial charge in [0.05, 0.1) is 44.5 Å². The molecule has 21 heavy (non-hydrogen) atoms. The maximum absolute atomic E-state index is 11.8. The molecule has 1 aromatic heterocycles. The number of rotatable bonds is 13. The summed E-state index contributed by atoms with van der Waals surface area (Å²) in [6, 6.07) is 3.85. The molecule has 0 spiro atoms. The van der Waals surface area contributed by atoms with Crippen LogP contribution in [0, 0.1) is 0 Å². The zero-order chi connectivity index (χ0) is 15.3. The molecule has 0 aliphatic heterocycles. The molecule has 0 unspecified atom stereocenters. The normalized spacial score (nSPS) is 11.0. The van der Waals surface area contributed by atoms with Crippen LogP contribution in [-0.4, -0.2) is 59.1 Å². The van der Waals surface area contributed by atoms with Crippen LogP contribution in [-0.2, 0) is 25.4 Å². The minimum absolute atomic E-state index is 0.0302. The molecule has 0 aliphatic rings. The summed E-state index contributed by atoms with van der Waals surface area (Å²) in [4.78, 5) is 13.8. The van der Waals surface area contributed by atoms with Gasteiger partial charge in [-0.2, -0.15) is 0 Å². The number of thiophene rings is 1. The molecule has 1 rings (SSSR count). The molecule has 1 heterocycles. The molecule has 0 amide bonds. The number of methoxy groups -OCH3 is 1. The Balaban J connectivity index is 1.95. The van der Waals surface area contributed by atoms with Crippen LogP contribution in [0.3, 0.4) is 0 Å². The predicted molar refractivity (Wildman–Crippen MR) is 82.4 cm³/mol. The zero-order valence-corrected chi connectivity index (χ0v) is 13.6. The summed E-state index contributed by atoms with van der Waals surface area (Å²) in [5.74, 6) is 0.0302. The summed E-state index contributed by atoms with van der Waals surface area (Å²) in [5, 5.41) is 0. The first-order valence-corrected chi connectivity index (χ1v) is 7.93. The Labute approximate surface area is 130 Å². The Hall–Kier alpha value is -0.790. The largest absolute Gasteiger partial charge is 0.382 e. The Morgan fingerprint density at radius 1 is 1.00 bits per heavy atom. The van der Waals surface area contributed by atoms with Crippen molar-refractivity contribution in [3.63, 3.8) is 0 Å². The number of carbonyl (C=O) groups is 1. The third kappa shape index (κ3) is 8.28. The van der Waals surface area contributed by atoms with Crippen molar-refractivity contribution < 1.29 is 23.7 Å². The van der Waals surface area contributed by atoms with Crippen molar-refractivity contribution in [3.05, 3.63) is 21.9 Å². The standard InChI is InChI=1S/C15H24O5S/c1-3-13-4-5-15(21-13)14(16)12-20-11-10-19-9-8-18-7-6-17-2/h4-5H,3,6-12H2,1-2H3. The van der Waals surface area contributed by atoms with Gasteiger partial charge in [0.15, 0.2) is 5.78 Å². The number of carbonyl (C=O) groups excluding carboxylic acids is 1. The van der Waals surface area contributed by atoms with Crippen LogP contribution in [0.15, 0.2) is 12.1 Å². The Morgan fingerprint density at radius 2 is 1.62 bits per heavy atom. The molecule has 0 N–H and O–H groups in total. The summed E-state index contributed by atoms with van der Waals surface area (Å²) in [6.45, 7) is 5.29. The highest BCUT2D eigenvalue weighted by atomic mass is 32.1. The van der Waals surface area contributed by atoms with Crippen LogP contribution >= 0.6 is 11.3 Å². The molecular formula is C15H24O5S. The van der Waals surface area contributed by atoms with Crippen LogP contribution in [0.1, 0.15) is 21.5 Å². The average Bonchev–Trinajstić information content (AvgIpc) is 2.98. The van der Waals surface area contributed by atoms with Gasteiger partial charge >= 0.3 is 0 Å². The molecule has 0 saturated carbocycles. The minimum atomic E-state index is 0.0302. The molecule has 0 bridgehead atoms. The number of Topliss-reactive ketones (excluding diaryl/α,β-unsaturated/α-hetero) is 1. The second-order valence-electron chi connectivity index (χ2n) is 4.31. The van der Waals surface area contributed by atoms with E-state index in [1.54, 1.807) is 7.11 Å². The average molecular weight is 316 g/mol. The number of hydrogen-bond donors (Lipinski definition) is 0. The first-order valence-electron chi connectivity index (χ1n) is 7.12. The van der Waals surface area contributed by atoms with Gasteiger partial charge in [-0.15, -0.1) is 11.3 Å². The summed E-state index contributed by atoms with van der Waals surface area (Å²) in [7, 11) is 1.64. The molecule has 120 valence electrons. The smallest absolute Gasteiger partial charge is 0.198 e. The molecule has 0 saturated heterocycles. The van der Waals surface area contributed by atoms with E-state index < -0.39 is 0 Å². The van der Waals surface area contributed by atoms with Gasteiger partial charge in [-0.25, -0.2) is 0 Å². The lowest BCUT2D eigenvalue weighted by Crippen LogP contribution is -2.14. The fourth-order valence-corrected chi connectivity index (χ4v) is 2.41. The lowest BCUT2D eigenvalue weighted by molar-refractivity contribution is 0.00496. The SMILES string of the molecule is CCc1ccc(C(=O)COCCOCCOCCOC)s1. The maximum atomic E-state index is 11.8. The number of hydrogen-bond acceptors (Lipinski definition) is 6. The van der Waals surface area contributed by atoms with Crippen molar-refractivity contribution in [1.29, 1.82) is 0 Å². The van der Waals surface area contributed by atoms with Gasteiger partial charge in [0.25, 0.3) is 0 Å². The van der Waals surface area contributed by atoms with Gasteiger partial charge < -0.3 is 18.9 Å². The van der Waals surface area contributed by atoms with Crippen molar-refractivity contribution in [2.75, 3.05) is 53.4 Å². The molecule has 1 aromatic rings. The lowest BCUT2D eigenvalue weighted by Gasteiger charge is -2.06. The Morgan fingerprint density at radius 3 is 2.19 bits per heavy atom. The first-order chi connectivity index (χ1) is 10.3. The van der Waals surface area contributed by atoms with Crippen molar-refractivity contribution in [3.8, 4) is 0 Å². The van der Waals surface area contributed by atoms with Crippen LogP contribution in [0.2, 0.25) is 0 Å². The fourth-order valence-electron chi connectivity index (χ4n) is 1.54. The van der Waals surface area contributed by atoms with E-state index in [1.807, 2.05) is 12.1 Å². The third-order valence-electron chi connectivity index (χ3n) is 2.69. The molecule has 0 fully saturated rings. The summed E-state index contributed by atoms with van der Waals surface area (Å²) in [5.41, 5.74) is 0. The van der Waals surface area contributed by atoms with Gasteiger partial charge in [-0.3, -0.25) is 4.79 Å².